The predicted molar refractivity (Wildman–Crippen MR) is 83.6 cm³/mol. The number of amides is 1. The third-order valence-electron chi connectivity index (χ3n) is 5.01. The number of carbonyl (C=O) groups excluding carboxylic acids is 1. The van der Waals surface area contributed by atoms with Gasteiger partial charge in [-0.05, 0) is 43.7 Å². The molecule has 0 N–H and O–H groups in total. The Hall–Kier alpha value is -1.02. The van der Waals surface area contributed by atoms with Gasteiger partial charge in [0.15, 0.2) is 0 Å². The molecule has 0 aromatic heterocycles. The fourth-order valence-electron chi connectivity index (χ4n) is 4.22. The lowest BCUT2D eigenvalue weighted by Crippen LogP contribution is -2.54. The second-order valence-corrected chi connectivity index (χ2v) is 6.73. The van der Waals surface area contributed by atoms with Crippen molar-refractivity contribution in [1.82, 2.24) is 0 Å². The number of hydrogen-bond acceptors (Lipinski definition) is 1. The summed E-state index contributed by atoms with van der Waals surface area (Å²) in [7, 11) is 0. The van der Waals surface area contributed by atoms with Crippen LogP contribution in [0, 0.1) is 6.92 Å². The highest BCUT2D eigenvalue weighted by Gasteiger charge is 2.47. The monoisotopic (exact) mass is 291 g/mol. The third-order valence-corrected chi connectivity index (χ3v) is 5.24. The van der Waals surface area contributed by atoms with Gasteiger partial charge in [0.1, 0.15) is 5.88 Å². The number of halogens is 1. The van der Waals surface area contributed by atoms with E-state index in [1.807, 2.05) is 4.90 Å². The molecule has 3 rings (SSSR count). The van der Waals surface area contributed by atoms with Crippen LogP contribution in [-0.4, -0.2) is 17.3 Å². The Bertz CT molecular complexity index is 534. The average Bonchev–Trinajstić information content (AvgIpc) is 2.88. The molecule has 1 unspecified atom stereocenters. The zero-order chi connectivity index (χ0) is 14.3. The van der Waals surface area contributed by atoms with Gasteiger partial charge in [0.05, 0.1) is 0 Å². The lowest BCUT2D eigenvalue weighted by Gasteiger charge is -2.48. The summed E-state index contributed by atoms with van der Waals surface area (Å²) in [5.41, 5.74) is 3.69. The summed E-state index contributed by atoms with van der Waals surface area (Å²) in [6, 6.07) is 6.45. The van der Waals surface area contributed by atoms with Crippen LogP contribution in [0.3, 0.4) is 0 Å². The summed E-state index contributed by atoms with van der Waals surface area (Å²) >= 11 is 5.89. The van der Waals surface area contributed by atoms with Crippen LogP contribution in [0.2, 0.25) is 0 Å². The summed E-state index contributed by atoms with van der Waals surface area (Å²) < 4.78 is 0. The van der Waals surface area contributed by atoms with Crippen molar-refractivity contribution in [2.24, 2.45) is 0 Å². The first-order valence-corrected chi connectivity index (χ1v) is 8.10. The molecule has 1 aliphatic carbocycles. The van der Waals surface area contributed by atoms with Crippen LogP contribution < -0.4 is 4.90 Å². The van der Waals surface area contributed by atoms with Crippen LogP contribution in [0.4, 0.5) is 5.69 Å². The van der Waals surface area contributed by atoms with E-state index in [2.05, 4.69) is 32.0 Å². The molecule has 1 heterocycles. The Kier molecular flexibility index (Phi) is 3.53. The Morgan fingerprint density at radius 2 is 2.10 bits per heavy atom. The molecule has 1 aliphatic heterocycles. The first-order valence-electron chi connectivity index (χ1n) is 7.57. The molecule has 108 valence electrons. The second-order valence-electron chi connectivity index (χ2n) is 6.46. The summed E-state index contributed by atoms with van der Waals surface area (Å²) in [4.78, 5) is 14.5. The van der Waals surface area contributed by atoms with Crippen LogP contribution in [-0.2, 0) is 4.79 Å². The average molecular weight is 292 g/mol. The second kappa shape index (κ2) is 5.07. The molecule has 2 aliphatic rings. The van der Waals surface area contributed by atoms with Crippen molar-refractivity contribution in [1.29, 1.82) is 0 Å². The van der Waals surface area contributed by atoms with Gasteiger partial charge in [0.2, 0.25) is 5.91 Å². The van der Waals surface area contributed by atoms with E-state index in [1.54, 1.807) is 0 Å². The van der Waals surface area contributed by atoms with Crippen LogP contribution in [0.1, 0.15) is 56.1 Å². The highest BCUT2D eigenvalue weighted by Crippen LogP contribution is 2.50. The molecule has 0 radical (unpaired) electrons. The van der Waals surface area contributed by atoms with Crippen molar-refractivity contribution in [2.75, 3.05) is 10.8 Å². The van der Waals surface area contributed by atoms with Gasteiger partial charge in [-0.1, -0.05) is 37.5 Å². The van der Waals surface area contributed by atoms with Crippen LogP contribution in [0.5, 0.6) is 0 Å². The van der Waals surface area contributed by atoms with Crippen molar-refractivity contribution >= 4 is 23.2 Å². The molecule has 0 bridgehead atoms. The van der Waals surface area contributed by atoms with Gasteiger partial charge in [-0.2, -0.15) is 0 Å². The maximum Gasteiger partial charge on any atom is 0.242 e. The lowest BCUT2D eigenvalue weighted by molar-refractivity contribution is -0.117. The molecule has 20 heavy (non-hydrogen) atoms. The van der Waals surface area contributed by atoms with Crippen molar-refractivity contribution < 1.29 is 4.79 Å². The molecule has 1 saturated carbocycles. The largest absolute Gasteiger partial charge is 0.305 e. The topological polar surface area (TPSA) is 20.3 Å². The zero-order valence-corrected chi connectivity index (χ0v) is 13.0. The Morgan fingerprint density at radius 3 is 2.75 bits per heavy atom. The molecule has 1 amide bonds. The number of rotatable bonds is 1. The highest BCUT2D eigenvalue weighted by molar-refractivity contribution is 6.29. The number of aryl methyl sites for hydroxylation is 1. The molecule has 1 aromatic rings. The number of anilines is 1. The number of alkyl halides is 1. The molecular weight excluding hydrogens is 270 g/mol. The van der Waals surface area contributed by atoms with E-state index in [9.17, 15) is 4.79 Å². The predicted octanol–water partition coefficient (Wildman–Crippen LogP) is 4.39. The number of nitrogens with zero attached hydrogens (tertiary/aromatic N) is 1. The maximum absolute atomic E-state index is 12.5. The molecule has 1 fully saturated rings. The van der Waals surface area contributed by atoms with Gasteiger partial charge in [0.25, 0.3) is 0 Å². The van der Waals surface area contributed by atoms with E-state index in [0.717, 1.165) is 24.9 Å². The number of carbonyl (C=O) groups is 1. The number of fused-ring (bicyclic) bond motifs is 1. The molecule has 0 saturated heterocycles. The number of benzene rings is 1. The number of hydrogen-bond donors (Lipinski definition) is 0. The quantitative estimate of drug-likeness (QED) is 0.703. The van der Waals surface area contributed by atoms with Gasteiger partial charge < -0.3 is 4.90 Å². The standard InChI is InChI=1S/C17H22ClNO/c1-12-5-6-15-14(9-12)13(2)10-17(7-3-4-8-17)19(15)16(20)11-18/h5-6,9,13H,3-4,7-8,10-11H2,1-2H3. The first-order chi connectivity index (χ1) is 9.57. The van der Waals surface area contributed by atoms with Crippen molar-refractivity contribution in [3.8, 4) is 0 Å². The van der Waals surface area contributed by atoms with Gasteiger partial charge in [-0.3, -0.25) is 4.79 Å². The Balaban J connectivity index is 2.14. The molecule has 2 nitrogen and oxygen atoms in total. The van der Waals surface area contributed by atoms with Crippen LogP contribution in [0.15, 0.2) is 18.2 Å². The van der Waals surface area contributed by atoms with Crippen LogP contribution >= 0.6 is 11.6 Å². The van der Waals surface area contributed by atoms with E-state index in [-0.39, 0.29) is 17.3 Å². The SMILES string of the molecule is Cc1ccc2c(c1)C(C)CC1(CCCC1)N2C(=O)CCl. The van der Waals surface area contributed by atoms with E-state index < -0.39 is 0 Å². The van der Waals surface area contributed by atoms with E-state index in [4.69, 9.17) is 11.6 Å². The Labute approximate surface area is 126 Å². The first kappa shape index (κ1) is 13.9. The molecular formula is C17H22ClNO. The molecule has 1 spiro atoms. The van der Waals surface area contributed by atoms with Crippen molar-refractivity contribution in [2.45, 2.75) is 57.4 Å². The molecule has 1 atom stereocenters. The lowest BCUT2D eigenvalue weighted by atomic mass is 9.76. The molecule has 3 heteroatoms. The van der Waals surface area contributed by atoms with Crippen molar-refractivity contribution in [3.63, 3.8) is 0 Å². The van der Waals surface area contributed by atoms with E-state index in [1.165, 1.54) is 24.0 Å². The minimum Gasteiger partial charge on any atom is -0.305 e. The summed E-state index contributed by atoms with van der Waals surface area (Å²) in [5.74, 6) is 0.650. The minimum atomic E-state index is 0.0215. The van der Waals surface area contributed by atoms with Gasteiger partial charge in [-0.15, -0.1) is 11.6 Å². The fourth-order valence-corrected chi connectivity index (χ4v) is 4.34. The van der Waals surface area contributed by atoms with Crippen molar-refractivity contribution in [3.05, 3.63) is 29.3 Å². The summed E-state index contributed by atoms with van der Waals surface area (Å²) in [5, 5.41) is 0. The molecule has 1 aromatic carbocycles. The van der Waals surface area contributed by atoms with E-state index in [0.29, 0.717) is 5.92 Å². The summed E-state index contributed by atoms with van der Waals surface area (Å²) in [6.07, 6.45) is 5.76. The normalized spacial score (nSPS) is 23.9. The summed E-state index contributed by atoms with van der Waals surface area (Å²) in [6.45, 7) is 4.40. The zero-order valence-electron chi connectivity index (χ0n) is 12.3. The maximum atomic E-state index is 12.5. The minimum absolute atomic E-state index is 0.0215. The van der Waals surface area contributed by atoms with Gasteiger partial charge >= 0.3 is 0 Å². The third kappa shape index (κ3) is 2.05. The smallest absolute Gasteiger partial charge is 0.242 e. The van der Waals surface area contributed by atoms with Crippen LogP contribution in [0.25, 0.3) is 0 Å². The highest BCUT2D eigenvalue weighted by atomic mass is 35.5. The van der Waals surface area contributed by atoms with Gasteiger partial charge in [0, 0.05) is 11.2 Å². The Morgan fingerprint density at radius 1 is 1.40 bits per heavy atom. The van der Waals surface area contributed by atoms with Gasteiger partial charge in [-0.25, -0.2) is 0 Å². The van der Waals surface area contributed by atoms with E-state index >= 15 is 0 Å². The fraction of sp³-hybridized carbons (Fsp3) is 0.588.